The van der Waals surface area contributed by atoms with Crippen LogP contribution in [-0.2, 0) is 9.59 Å². The Kier molecular flexibility index (Phi) is 3.89. The molecule has 1 aliphatic carbocycles. The molecular formula is C16H19ClN2O2. The molecule has 1 saturated carbocycles. The molecule has 1 aromatic carbocycles. The van der Waals surface area contributed by atoms with Gasteiger partial charge in [0.2, 0.25) is 11.8 Å². The fraction of sp³-hybridized carbons (Fsp3) is 0.500. The van der Waals surface area contributed by atoms with E-state index >= 15 is 0 Å². The minimum Gasteiger partial charge on any atom is -0.339 e. The molecule has 1 N–H and O–H groups in total. The smallest absolute Gasteiger partial charge is 0.229 e. The van der Waals surface area contributed by atoms with E-state index in [2.05, 4.69) is 5.32 Å². The second kappa shape index (κ2) is 5.68. The first-order chi connectivity index (χ1) is 10.0. The molecule has 21 heavy (non-hydrogen) atoms. The molecule has 1 unspecified atom stereocenters. The third-order valence-corrected chi connectivity index (χ3v) is 4.73. The lowest BCUT2D eigenvalue weighted by Gasteiger charge is -2.34. The highest BCUT2D eigenvalue weighted by Crippen LogP contribution is 2.31. The normalized spacial score (nSPS) is 22.3. The van der Waals surface area contributed by atoms with Crippen molar-refractivity contribution in [3.8, 4) is 0 Å². The van der Waals surface area contributed by atoms with Gasteiger partial charge in [0.25, 0.3) is 0 Å². The number of hydrogen-bond acceptors (Lipinski definition) is 2. The van der Waals surface area contributed by atoms with Crippen molar-refractivity contribution in [2.24, 2.45) is 5.92 Å². The zero-order chi connectivity index (χ0) is 15.0. The van der Waals surface area contributed by atoms with Crippen molar-refractivity contribution in [1.29, 1.82) is 0 Å². The Morgan fingerprint density at radius 3 is 2.76 bits per heavy atom. The summed E-state index contributed by atoms with van der Waals surface area (Å²) in [7, 11) is 0. The van der Waals surface area contributed by atoms with Crippen LogP contribution >= 0.6 is 11.6 Å². The molecule has 0 radical (unpaired) electrons. The van der Waals surface area contributed by atoms with E-state index in [1.807, 2.05) is 17.9 Å². The summed E-state index contributed by atoms with van der Waals surface area (Å²) in [5.41, 5.74) is 1.69. The highest BCUT2D eigenvalue weighted by atomic mass is 35.5. The summed E-state index contributed by atoms with van der Waals surface area (Å²) in [4.78, 5) is 26.3. The summed E-state index contributed by atoms with van der Waals surface area (Å²) in [6, 6.07) is 5.74. The van der Waals surface area contributed by atoms with Gasteiger partial charge in [-0.15, -0.1) is 0 Å². The maximum atomic E-state index is 12.3. The second-order valence-corrected chi connectivity index (χ2v) is 6.42. The minimum atomic E-state index is -0.242. The molecule has 2 aliphatic rings. The van der Waals surface area contributed by atoms with Gasteiger partial charge in [-0.1, -0.05) is 11.6 Å². The number of aryl methyl sites for hydroxylation is 1. The van der Waals surface area contributed by atoms with Crippen LogP contribution in [0.4, 0.5) is 5.69 Å². The number of likely N-dealkylation sites (tertiary alicyclic amines) is 1. The molecule has 2 amide bonds. The van der Waals surface area contributed by atoms with Crippen molar-refractivity contribution in [2.75, 3.05) is 11.9 Å². The molecule has 5 heteroatoms. The van der Waals surface area contributed by atoms with Gasteiger partial charge < -0.3 is 10.2 Å². The molecule has 4 nitrogen and oxygen atoms in total. The summed E-state index contributed by atoms with van der Waals surface area (Å²) in [5.74, 6) is -0.198. The summed E-state index contributed by atoms with van der Waals surface area (Å²) in [6.45, 7) is 2.46. The van der Waals surface area contributed by atoms with Crippen LogP contribution in [0.5, 0.6) is 0 Å². The number of hydrogen-bond donors (Lipinski definition) is 1. The quantitative estimate of drug-likeness (QED) is 0.933. The molecule has 3 rings (SSSR count). The second-order valence-electron chi connectivity index (χ2n) is 5.98. The summed E-state index contributed by atoms with van der Waals surface area (Å²) in [5, 5.41) is 3.57. The Hall–Kier alpha value is -1.55. The zero-order valence-corrected chi connectivity index (χ0v) is 12.8. The lowest BCUT2D eigenvalue weighted by atomic mass is 9.92. The van der Waals surface area contributed by atoms with Crippen molar-refractivity contribution in [3.05, 3.63) is 28.8 Å². The van der Waals surface area contributed by atoms with Crippen molar-refractivity contribution in [1.82, 2.24) is 4.90 Å². The Bertz CT molecular complexity index is 584. The Balaban J connectivity index is 1.64. The van der Waals surface area contributed by atoms with Gasteiger partial charge in [-0.3, -0.25) is 9.59 Å². The number of benzene rings is 1. The van der Waals surface area contributed by atoms with Crippen molar-refractivity contribution >= 4 is 29.1 Å². The molecule has 2 fully saturated rings. The Morgan fingerprint density at radius 1 is 1.38 bits per heavy atom. The molecule has 1 atom stereocenters. The van der Waals surface area contributed by atoms with E-state index < -0.39 is 0 Å². The number of carbonyl (C=O) groups is 2. The van der Waals surface area contributed by atoms with Crippen molar-refractivity contribution in [2.45, 2.75) is 38.6 Å². The average Bonchev–Trinajstić information content (AvgIpc) is 2.73. The number of halogens is 1. The van der Waals surface area contributed by atoms with Crippen LogP contribution in [0.15, 0.2) is 18.2 Å². The fourth-order valence-corrected chi connectivity index (χ4v) is 3.19. The first-order valence-electron chi connectivity index (χ1n) is 7.41. The zero-order valence-electron chi connectivity index (χ0n) is 12.1. The average molecular weight is 307 g/mol. The maximum absolute atomic E-state index is 12.3. The minimum absolute atomic E-state index is 0.0735. The number of amides is 2. The molecule has 1 heterocycles. The van der Waals surface area contributed by atoms with Gasteiger partial charge in [0.15, 0.2) is 0 Å². The van der Waals surface area contributed by atoms with E-state index in [1.54, 1.807) is 12.1 Å². The van der Waals surface area contributed by atoms with Gasteiger partial charge >= 0.3 is 0 Å². The van der Waals surface area contributed by atoms with E-state index in [4.69, 9.17) is 11.6 Å². The van der Waals surface area contributed by atoms with Gasteiger partial charge in [0.05, 0.1) is 5.92 Å². The molecule has 0 bridgehead atoms. The number of nitrogens with one attached hydrogen (secondary N) is 1. The third-order valence-electron chi connectivity index (χ3n) is 4.49. The van der Waals surface area contributed by atoms with Gasteiger partial charge in [0.1, 0.15) is 0 Å². The number of anilines is 1. The molecular weight excluding hydrogens is 288 g/mol. The van der Waals surface area contributed by atoms with E-state index in [1.165, 1.54) is 6.42 Å². The lowest BCUT2D eigenvalue weighted by Crippen LogP contribution is -2.41. The van der Waals surface area contributed by atoms with Crippen molar-refractivity contribution in [3.63, 3.8) is 0 Å². The molecule has 0 spiro atoms. The Labute approximate surface area is 129 Å². The monoisotopic (exact) mass is 306 g/mol. The van der Waals surface area contributed by atoms with Crippen LogP contribution in [0.1, 0.15) is 31.2 Å². The first kappa shape index (κ1) is 14.4. The van der Waals surface area contributed by atoms with Crippen LogP contribution in [0.25, 0.3) is 0 Å². The Morgan fingerprint density at radius 2 is 2.14 bits per heavy atom. The van der Waals surface area contributed by atoms with E-state index in [9.17, 15) is 9.59 Å². The predicted molar refractivity (Wildman–Crippen MR) is 82.3 cm³/mol. The van der Waals surface area contributed by atoms with Crippen LogP contribution in [-0.4, -0.2) is 29.3 Å². The van der Waals surface area contributed by atoms with Crippen LogP contribution in [0.3, 0.4) is 0 Å². The number of carbonyl (C=O) groups excluding carboxylic acids is 2. The highest BCUT2D eigenvalue weighted by Gasteiger charge is 2.39. The predicted octanol–water partition coefficient (Wildman–Crippen LogP) is 2.99. The molecule has 1 aromatic rings. The maximum Gasteiger partial charge on any atom is 0.229 e. The largest absolute Gasteiger partial charge is 0.339 e. The molecule has 112 valence electrons. The highest BCUT2D eigenvalue weighted by molar-refractivity contribution is 6.30. The van der Waals surface area contributed by atoms with Gasteiger partial charge in [-0.25, -0.2) is 0 Å². The van der Waals surface area contributed by atoms with Gasteiger partial charge in [0, 0.05) is 29.7 Å². The summed E-state index contributed by atoms with van der Waals surface area (Å²) < 4.78 is 0. The van der Waals surface area contributed by atoms with Crippen molar-refractivity contribution < 1.29 is 9.59 Å². The van der Waals surface area contributed by atoms with E-state index in [-0.39, 0.29) is 17.7 Å². The van der Waals surface area contributed by atoms with Gasteiger partial charge in [-0.05, 0) is 49.9 Å². The first-order valence-corrected chi connectivity index (χ1v) is 7.79. The summed E-state index contributed by atoms with van der Waals surface area (Å²) >= 11 is 5.91. The van der Waals surface area contributed by atoms with Crippen LogP contribution in [0, 0.1) is 12.8 Å². The number of nitrogens with zero attached hydrogens (tertiary/aromatic N) is 1. The molecule has 0 aromatic heterocycles. The molecule has 1 saturated heterocycles. The lowest BCUT2D eigenvalue weighted by molar-refractivity contribution is -0.131. The van der Waals surface area contributed by atoms with Gasteiger partial charge in [-0.2, -0.15) is 0 Å². The molecule has 1 aliphatic heterocycles. The van der Waals surface area contributed by atoms with E-state index in [0.29, 0.717) is 24.0 Å². The SMILES string of the molecule is Cc1cc(Cl)ccc1NC(=O)C1CC(=O)N(C2CCC2)C1. The van der Waals surface area contributed by atoms with Crippen LogP contribution < -0.4 is 5.32 Å². The number of rotatable bonds is 3. The topological polar surface area (TPSA) is 49.4 Å². The fourth-order valence-electron chi connectivity index (χ4n) is 2.96. The van der Waals surface area contributed by atoms with E-state index in [0.717, 1.165) is 24.1 Å². The summed E-state index contributed by atoms with van der Waals surface area (Å²) in [6.07, 6.45) is 3.68. The van der Waals surface area contributed by atoms with Crippen LogP contribution in [0.2, 0.25) is 5.02 Å². The standard InChI is InChI=1S/C16H19ClN2O2/c1-10-7-12(17)5-6-14(10)18-16(21)11-8-15(20)19(9-11)13-3-2-4-13/h5-7,11,13H,2-4,8-9H2,1H3,(H,18,21). The third kappa shape index (κ3) is 2.91.